The molecule has 2 aliphatic carbocycles. The minimum absolute atomic E-state index is 0.432. The molecule has 0 N–H and O–H groups in total. The Labute approximate surface area is 343 Å². The maximum absolute atomic E-state index is 2.49. The third-order valence-electron chi connectivity index (χ3n) is 13.4. The summed E-state index contributed by atoms with van der Waals surface area (Å²) in [6.45, 7) is 0. The van der Waals surface area contributed by atoms with E-state index in [2.05, 4.69) is 218 Å². The number of benzene rings is 11. The van der Waals surface area contributed by atoms with Crippen LogP contribution in [0.3, 0.4) is 0 Å². The third-order valence-corrected chi connectivity index (χ3v) is 13.4. The zero-order chi connectivity index (χ0) is 38.7. The molecule has 11 aromatic rings. The molecular formula is C59H36. The van der Waals surface area contributed by atoms with Crippen molar-refractivity contribution in [2.24, 2.45) is 0 Å². The van der Waals surface area contributed by atoms with Crippen LogP contribution in [-0.4, -0.2) is 0 Å². The van der Waals surface area contributed by atoms with Gasteiger partial charge in [-0.3, -0.25) is 0 Å². The van der Waals surface area contributed by atoms with Crippen molar-refractivity contribution >= 4 is 43.1 Å². The van der Waals surface area contributed by atoms with Gasteiger partial charge in [0, 0.05) is 0 Å². The van der Waals surface area contributed by atoms with Crippen molar-refractivity contribution in [2.75, 3.05) is 0 Å². The largest absolute Gasteiger partial charge is 0.0731 e. The van der Waals surface area contributed by atoms with Crippen molar-refractivity contribution < 1.29 is 0 Å². The first-order valence-corrected chi connectivity index (χ1v) is 20.7. The Hall–Kier alpha value is -7.54. The van der Waals surface area contributed by atoms with E-state index < -0.39 is 5.41 Å². The Bertz CT molecular complexity index is 3450. The lowest BCUT2D eigenvalue weighted by Gasteiger charge is -2.31. The maximum atomic E-state index is 2.49. The van der Waals surface area contributed by atoms with Crippen LogP contribution in [0.4, 0.5) is 0 Å². The molecule has 1 spiro atoms. The minimum atomic E-state index is -0.432. The number of hydrogen-bond donors (Lipinski definition) is 0. The molecule has 0 heterocycles. The van der Waals surface area contributed by atoms with Gasteiger partial charge < -0.3 is 0 Å². The molecule has 0 aromatic heterocycles. The monoisotopic (exact) mass is 744 g/mol. The van der Waals surface area contributed by atoms with E-state index in [4.69, 9.17) is 0 Å². The molecule has 0 saturated carbocycles. The van der Waals surface area contributed by atoms with E-state index in [0.717, 1.165) is 0 Å². The maximum Gasteiger partial charge on any atom is 0.0731 e. The van der Waals surface area contributed by atoms with E-state index >= 15 is 0 Å². The van der Waals surface area contributed by atoms with Crippen LogP contribution < -0.4 is 0 Å². The van der Waals surface area contributed by atoms with E-state index in [9.17, 15) is 0 Å². The van der Waals surface area contributed by atoms with E-state index in [1.54, 1.807) is 0 Å². The lowest BCUT2D eigenvalue weighted by atomic mass is 9.69. The Morgan fingerprint density at radius 1 is 0.237 bits per heavy atom. The predicted molar refractivity (Wildman–Crippen MR) is 249 cm³/mol. The molecule has 0 bridgehead atoms. The number of hydrogen-bond acceptors (Lipinski definition) is 0. The zero-order valence-corrected chi connectivity index (χ0v) is 32.3. The SMILES string of the molecule is c1ccc(-c2cccc(-c3c4ccccc4c(-c4ccc5c6c(ccc5c4)-c4cc5ccccc5cc4C64c5ccccc5-c5ccccc54)c4ccccc34)c2)cc1. The normalized spacial score (nSPS) is 13.2. The summed E-state index contributed by atoms with van der Waals surface area (Å²) in [6, 6.07) is 81.9. The summed E-state index contributed by atoms with van der Waals surface area (Å²) >= 11 is 0. The summed E-state index contributed by atoms with van der Waals surface area (Å²) in [7, 11) is 0. The molecule has 0 nitrogen and oxygen atoms in total. The summed E-state index contributed by atoms with van der Waals surface area (Å²) in [5, 5.41) is 10.2. The molecule has 0 unspecified atom stereocenters. The fourth-order valence-corrected chi connectivity index (χ4v) is 11.1. The first-order valence-electron chi connectivity index (χ1n) is 20.7. The lowest BCUT2D eigenvalue weighted by Crippen LogP contribution is -2.26. The van der Waals surface area contributed by atoms with Crippen molar-refractivity contribution in [3.05, 3.63) is 241 Å². The van der Waals surface area contributed by atoms with Crippen molar-refractivity contribution in [1.82, 2.24) is 0 Å². The van der Waals surface area contributed by atoms with E-state index in [-0.39, 0.29) is 0 Å². The number of rotatable bonds is 3. The van der Waals surface area contributed by atoms with Crippen LogP contribution >= 0.6 is 0 Å². The smallest absolute Gasteiger partial charge is 0.0622 e. The van der Waals surface area contributed by atoms with Crippen LogP contribution in [0, 0.1) is 0 Å². The van der Waals surface area contributed by atoms with Gasteiger partial charge in [0.25, 0.3) is 0 Å². The highest BCUT2D eigenvalue weighted by Crippen LogP contribution is 2.64. The predicted octanol–water partition coefficient (Wildman–Crippen LogP) is 15.6. The van der Waals surface area contributed by atoms with Crippen molar-refractivity contribution in [3.63, 3.8) is 0 Å². The van der Waals surface area contributed by atoms with Gasteiger partial charge in [0.05, 0.1) is 5.41 Å². The molecule has 0 saturated heterocycles. The molecule has 0 heteroatoms. The van der Waals surface area contributed by atoms with Gasteiger partial charge in [0.1, 0.15) is 0 Å². The Balaban J connectivity index is 1.08. The van der Waals surface area contributed by atoms with Crippen LogP contribution in [0.25, 0.3) is 98.7 Å². The van der Waals surface area contributed by atoms with E-state index in [1.165, 1.54) is 121 Å². The van der Waals surface area contributed by atoms with E-state index in [1.807, 2.05) is 0 Å². The Morgan fingerprint density at radius 3 is 1.42 bits per heavy atom. The minimum Gasteiger partial charge on any atom is -0.0622 e. The third kappa shape index (κ3) is 4.43. The van der Waals surface area contributed by atoms with Crippen LogP contribution in [0.15, 0.2) is 218 Å². The average molecular weight is 745 g/mol. The molecule has 0 atom stereocenters. The quantitative estimate of drug-likeness (QED) is 0.158. The molecule has 0 fully saturated rings. The summed E-state index contributed by atoms with van der Waals surface area (Å²) in [5.41, 5.74) is 17.9. The van der Waals surface area contributed by atoms with Gasteiger partial charge in [-0.2, -0.15) is 0 Å². The van der Waals surface area contributed by atoms with Crippen molar-refractivity contribution in [2.45, 2.75) is 5.41 Å². The summed E-state index contributed by atoms with van der Waals surface area (Å²) in [4.78, 5) is 0. The first kappa shape index (κ1) is 32.5. The Morgan fingerprint density at radius 2 is 0.763 bits per heavy atom. The highest BCUT2D eigenvalue weighted by molar-refractivity contribution is 6.22. The summed E-state index contributed by atoms with van der Waals surface area (Å²) in [6.07, 6.45) is 0. The summed E-state index contributed by atoms with van der Waals surface area (Å²) < 4.78 is 0. The van der Waals surface area contributed by atoms with Gasteiger partial charge in [0.15, 0.2) is 0 Å². The molecule has 59 heavy (non-hydrogen) atoms. The molecule has 13 rings (SSSR count). The molecular weight excluding hydrogens is 709 g/mol. The highest BCUT2D eigenvalue weighted by Gasteiger charge is 2.52. The topological polar surface area (TPSA) is 0 Å². The van der Waals surface area contributed by atoms with Gasteiger partial charge in [-0.1, -0.05) is 194 Å². The van der Waals surface area contributed by atoms with Crippen molar-refractivity contribution in [1.29, 1.82) is 0 Å². The van der Waals surface area contributed by atoms with Gasteiger partial charge >= 0.3 is 0 Å². The molecule has 11 aromatic carbocycles. The molecule has 2 aliphatic rings. The lowest BCUT2D eigenvalue weighted by molar-refractivity contribution is 0.802. The molecule has 272 valence electrons. The van der Waals surface area contributed by atoms with Gasteiger partial charge in [-0.25, -0.2) is 0 Å². The standard InChI is InChI=1S/C59H36/c1-2-15-37(16-3-1)38-19-14-20-42(33-38)56-47-23-6-8-25-49(47)57(50-26-9-7-24-48(50)56)43-30-31-44-41(34-43)29-32-51-52-35-39-17-4-5-18-40(39)36-55(52)59(58(44)51)53-27-12-10-21-45(53)46-22-11-13-28-54(46)59/h1-36H. The summed E-state index contributed by atoms with van der Waals surface area (Å²) in [5.74, 6) is 0. The second-order valence-corrected chi connectivity index (χ2v) is 16.3. The molecule has 0 aliphatic heterocycles. The molecule has 0 amide bonds. The van der Waals surface area contributed by atoms with Gasteiger partial charge in [0.2, 0.25) is 0 Å². The fraction of sp³-hybridized carbons (Fsp3) is 0.0169. The number of fused-ring (bicyclic) bond motifs is 15. The fourth-order valence-electron chi connectivity index (χ4n) is 11.1. The second kappa shape index (κ2) is 12.2. The van der Waals surface area contributed by atoms with Gasteiger partial charge in [-0.05, 0) is 145 Å². The van der Waals surface area contributed by atoms with Crippen LogP contribution in [0.5, 0.6) is 0 Å². The zero-order valence-electron chi connectivity index (χ0n) is 32.3. The first-order chi connectivity index (χ1) is 29.3. The van der Waals surface area contributed by atoms with Crippen LogP contribution in [-0.2, 0) is 5.41 Å². The van der Waals surface area contributed by atoms with Gasteiger partial charge in [-0.15, -0.1) is 0 Å². The second-order valence-electron chi connectivity index (χ2n) is 16.3. The van der Waals surface area contributed by atoms with Crippen LogP contribution in [0.1, 0.15) is 22.3 Å². The highest BCUT2D eigenvalue weighted by atomic mass is 14.5. The van der Waals surface area contributed by atoms with Crippen molar-refractivity contribution in [3.8, 4) is 55.6 Å². The molecule has 0 radical (unpaired) electrons. The van der Waals surface area contributed by atoms with E-state index in [0.29, 0.717) is 0 Å². The average Bonchev–Trinajstić information content (AvgIpc) is 3.77. The Kier molecular flexibility index (Phi) is 6.74. The van der Waals surface area contributed by atoms with Crippen LogP contribution in [0.2, 0.25) is 0 Å².